The summed E-state index contributed by atoms with van der Waals surface area (Å²) in [5.74, 6) is -1.63. The topological polar surface area (TPSA) is 92.6 Å². The van der Waals surface area contributed by atoms with Crippen LogP contribution in [-0.4, -0.2) is 34.7 Å². The zero-order valence-electron chi connectivity index (χ0n) is 15.0. The number of likely N-dealkylation sites (N-methyl/N-ethyl adjacent to an activating group) is 1. The van der Waals surface area contributed by atoms with Crippen LogP contribution in [0.15, 0.2) is 42.5 Å². The maximum atomic E-state index is 13.0. The van der Waals surface area contributed by atoms with Crippen molar-refractivity contribution in [2.75, 3.05) is 18.4 Å². The largest absolute Gasteiger partial charge is 0.418 e. The van der Waals surface area contributed by atoms with Gasteiger partial charge in [-0.3, -0.25) is 19.7 Å². The number of nitro groups is 1. The summed E-state index contributed by atoms with van der Waals surface area (Å²) in [6.45, 7) is 0.993. The van der Waals surface area contributed by atoms with E-state index < -0.39 is 40.7 Å². The minimum Gasteiger partial charge on any atom is -0.330 e. The predicted octanol–water partition coefficient (Wildman–Crippen LogP) is 4.37. The molecule has 0 saturated carbocycles. The number of carbonyl (C=O) groups is 2. The highest BCUT2D eigenvalue weighted by atomic mass is 35.5. The Bertz CT molecular complexity index is 950. The van der Waals surface area contributed by atoms with Gasteiger partial charge in [0, 0.05) is 18.7 Å². The molecule has 29 heavy (non-hydrogen) atoms. The van der Waals surface area contributed by atoms with Crippen LogP contribution in [0.3, 0.4) is 0 Å². The van der Waals surface area contributed by atoms with E-state index in [9.17, 15) is 32.9 Å². The highest BCUT2D eigenvalue weighted by Crippen LogP contribution is 2.34. The zero-order chi connectivity index (χ0) is 21.8. The van der Waals surface area contributed by atoms with Crippen LogP contribution in [0, 0.1) is 10.1 Å². The Kier molecular flexibility index (Phi) is 6.80. The lowest BCUT2D eigenvalue weighted by Gasteiger charge is -2.21. The second-order valence-electron chi connectivity index (χ2n) is 5.83. The van der Waals surface area contributed by atoms with Crippen molar-refractivity contribution >= 4 is 34.8 Å². The fraction of sp³-hybridized carbons (Fsp3) is 0.222. The second kappa shape index (κ2) is 8.91. The van der Waals surface area contributed by atoms with E-state index in [0.717, 1.165) is 29.2 Å². The van der Waals surface area contributed by atoms with Gasteiger partial charge in [0.1, 0.15) is 6.54 Å². The molecule has 2 aromatic carbocycles. The summed E-state index contributed by atoms with van der Waals surface area (Å²) < 4.78 is 39.1. The SMILES string of the molecule is CCN(CC(=O)Nc1ccccc1C(F)(F)F)C(=O)c1cc([N+](=O)[O-])ccc1Cl. The molecule has 0 radical (unpaired) electrons. The number of para-hydroxylation sites is 1. The number of nitrogens with one attached hydrogen (secondary N) is 1. The molecule has 0 aliphatic rings. The summed E-state index contributed by atoms with van der Waals surface area (Å²) in [5, 5.41) is 13.0. The quantitative estimate of drug-likeness (QED) is 0.545. The normalized spacial score (nSPS) is 11.1. The van der Waals surface area contributed by atoms with E-state index in [-0.39, 0.29) is 22.8 Å². The molecule has 0 bridgehead atoms. The van der Waals surface area contributed by atoms with Crippen molar-refractivity contribution in [2.45, 2.75) is 13.1 Å². The van der Waals surface area contributed by atoms with Crippen LogP contribution in [0.25, 0.3) is 0 Å². The average molecular weight is 430 g/mol. The first-order valence-electron chi connectivity index (χ1n) is 8.24. The Hall–Kier alpha value is -3.14. The smallest absolute Gasteiger partial charge is 0.330 e. The van der Waals surface area contributed by atoms with E-state index in [4.69, 9.17) is 11.6 Å². The van der Waals surface area contributed by atoms with E-state index in [0.29, 0.717) is 0 Å². The molecule has 1 N–H and O–H groups in total. The second-order valence-corrected chi connectivity index (χ2v) is 6.24. The molecular formula is C18H15ClF3N3O4. The van der Waals surface area contributed by atoms with Crippen LogP contribution in [0.5, 0.6) is 0 Å². The number of alkyl halides is 3. The van der Waals surface area contributed by atoms with Gasteiger partial charge in [0.05, 0.1) is 26.8 Å². The van der Waals surface area contributed by atoms with E-state index >= 15 is 0 Å². The number of amides is 2. The number of hydrogen-bond donors (Lipinski definition) is 1. The van der Waals surface area contributed by atoms with Gasteiger partial charge < -0.3 is 10.2 Å². The minimum atomic E-state index is -4.67. The molecule has 2 rings (SSSR count). The fourth-order valence-corrected chi connectivity index (χ4v) is 2.69. The van der Waals surface area contributed by atoms with Crippen molar-refractivity contribution in [3.63, 3.8) is 0 Å². The fourth-order valence-electron chi connectivity index (χ4n) is 2.49. The number of carbonyl (C=O) groups excluding carboxylic acids is 2. The Labute approximate surface area is 168 Å². The highest BCUT2D eigenvalue weighted by molar-refractivity contribution is 6.34. The molecule has 0 saturated heterocycles. The van der Waals surface area contributed by atoms with Crippen LogP contribution in [0.1, 0.15) is 22.8 Å². The first-order chi connectivity index (χ1) is 13.5. The van der Waals surface area contributed by atoms with Gasteiger partial charge in [-0.1, -0.05) is 23.7 Å². The molecule has 2 aromatic rings. The number of benzene rings is 2. The number of halogens is 4. The average Bonchev–Trinajstić information content (AvgIpc) is 2.65. The zero-order valence-corrected chi connectivity index (χ0v) is 15.8. The third-order valence-corrected chi connectivity index (χ3v) is 4.23. The summed E-state index contributed by atoms with van der Waals surface area (Å²) in [6, 6.07) is 7.71. The predicted molar refractivity (Wildman–Crippen MR) is 99.8 cm³/mol. The number of nitro benzene ring substituents is 1. The molecular weight excluding hydrogens is 415 g/mol. The third kappa shape index (κ3) is 5.44. The van der Waals surface area contributed by atoms with E-state index in [1.54, 1.807) is 6.92 Å². The lowest BCUT2D eigenvalue weighted by Crippen LogP contribution is -2.38. The van der Waals surface area contributed by atoms with Crippen molar-refractivity contribution in [1.29, 1.82) is 0 Å². The standard InChI is InChI=1S/C18H15ClF3N3O4/c1-2-24(17(27)12-9-11(25(28)29)7-8-14(12)19)10-16(26)23-15-6-4-3-5-13(15)18(20,21)22/h3-9H,2,10H2,1H3,(H,23,26). The molecule has 0 aromatic heterocycles. The third-order valence-electron chi connectivity index (χ3n) is 3.90. The van der Waals surface area contributed by atoms with Crippen LogP contribution >= 0.6 is 11.6 Å². The van der Waals surface area contributed by atoms with Gasteiger partial charge in [0.25, 0.3) is 11.6 Å². The lowest BCUT2D eigenvalue weighted by atomic mass is 10.1. The summed E-state index contributed by atoms with van der Waals surface area (Å²) >= 11 is 5.94. The summed E-state index contributed by atoms with van der Waals surface area (Å²) in [7, 11) is 0. The van der Waals surface area contributed by atoms with E-state index in [1.165, 1.54) is 18.2 Å². The van der Waals surface area contributed by atoms with Gasteiger partial charge in [-0.2, -0.15) is 13.2 Å². The van der Waals surface area contributed by atoms with Crippen molar-refractivity contribution in [2.24, 2.45) is 0 Å². The summed E-state index contributed by atoms with van der Waals surface area (Å²) in [4.78, 5) is 36.1. The Balaban J connectivity index is 2.20. The monoisotopic (exact) mass is 429 g/mol. The molecule has 11 heteroatoms. The van der Waals surface area contributed by atoms with E-state index in [1.807, 2.05) is 0 Å². The molecule has 0 fully saturated rings. The minimum absolute atomic E-state index is 0.0200. The van der Waals surface area contributed by atoms with Gasteiger partial charge >= 0.3 is 6.18 Å². The maximum absolute atomic E-state index is 13.0. The first-order valence-corrected chi connectivity index (χ1v) is 8.61. The van der Waals surface area contributed by atoms with Gasteiger partial charge in [0.2, 0.25) is 5.91 Å². The molecule has 0 atom stereocenters. The number of nitrogens with zero attached hydrogens (tertiary/aromatic N) is 2. The summed E-state index contributed by atoms with van der Waals surface area (Å²) in [6.07, 6.45) is -4.67. The molecule has 154 valence electrons. The highest BCUT2D eigenvalue weighted by Gasteiger charge is 2.33. The first kappa shape index (κ1) is 22.2. The molecule has 7 nitrogen and oxygen atoms in total. The number of anilines is 1. The van der Waals surface area contributed by atoms with Gasteiger partial charge in [-0.15, -0.1) is 0 Å². The van der Waals surface area contributed by atoms with Gasteiger partial charge in [0.15, 0.2) is 0 Å². The Morgan fingerprint density at radius 1 is 1.21 bits per heavy atom. The van der Waals surface area contributed by atoms with Crippen LogP contribution in [0.2, 0.25) is 5.02 Å². The Morgan fingerprint density at radius 2 is 1.86 bits per heavy atom. The van der Waals surface area contributed by atoms with Crippen LogP contribution < -0.4 is 5.32 Å². The molecule has 0 aliphatic carbocycles. The lowest BCUT2D eigenvalue weighted by molar-refractivity contribution is -0.384. The van der Waals surface area contributed by atoms with Gasteiger partial charge in [-0.25, -0.2) is 0 Å². The van der Waals surface area contributed by atoms with Crippen molar-refractivity contribution in [3.05, 3.63) is 68.7 Å². The molecule has 0 aliphatic heterocycles. The number of hydrogen-bond acceptors (Lipinski definition) is 4. The van der Waals surface area contributed by atoms with Crippen LogP contribution in [-0.2, 0) is 11.0 Å². The number of rotatable bonds is 6. The molecule has 0 spiro atoms. The molecule has 2 amide bonds. The van der Waals surface area contributed by atoms with Crippen LogP contribution in [0.4, 0.5) is 24.5 Å². The maximum Gasteiger partial charge on any atom is 0.418 e. The number of non-ortho nitro benzene ring substituents is 1. The summed E-state index contributed by atoms with van der Waals surface area (Å²) in [5.41, 5.74) is -2.02. The molecule has 0 heterocycles. The Morgan fingerprint density at radius 3 is 2.45 bits per heavy atom. The van der Waals surface area contributed by atoms with Crippen molar-refractivity contribution < 1.29 is 27.7 Å². The molecule has 0 unspecified atom stereocenters. The van der Waals surface area contributed by atoms with Crippen molar-refractivity contribution in [1.82, 2.24) is 4.90 Å². The van der Waals surface area contributed by atoms with Gasteiger partial charge in [-0.05, 0) is 25.1 Å². The van der Waals surface area contributed by atoms with E-state index in [2.05, 4.69) is 5.32 Å². The van der Waals surface area contributed by atoms with Crippen molar-refractivity contribution in [3.8, 4) is 0 Å².